The molecule has 0 radical (unpaired) electrons. The summed E-state index contributed by atoms with van der Waals surface area (Å²) in [6.07, 6.45) is 5.65. The number of nitrogens with two attached hydrogens (primary N) is 1. The van der Waals surface area contributed by atoms with E-state index in [1.165, 1.54) is 0 Å². The molecule has 0 aliphatic carbocycles. The van der Waals surface area contributed by atoms with E-state index in [9.17, 15) is 4.79 Å². The standard InChI is InChI=1S/C9H15N3O/c1-2-3-4-7-5-11-6-8(10)9(13)12-7/h2-4,8,11H,5-6,10H2,1H3,(H,12,13)/b3-2-,7-4+/t8-/m0/s1. The first-order valence-corrected chi connectivity index (χ1v) is 4.33. The van der Waals surface area contributed by atoms with Crippen LogP contribution in [0, 0.1) is 0 Å². The molecule has 0 unspecified atom stereocenters. The van der Waals surface area contributed by atoms with Crippen molar-refractivity contribution in [1.29, 1.82) is 0 Å². The molecule has 0 aromatic heterocycles. The molecule has 0 bridgehead atoms. The second-order valence-corrected chi connectivity index (χ2v) is 2.94. The molecule has 1 fully saturated rings. The molecule has 1 aliphatic heterocycles. The summed E-state index contributed by atoms with van der Waals surface area (Å²) < 4.78 is 0. The average molecular weight is 181 g/mol. The maximum atomic E-state index is 11.2. The molecule has 72 valence electrons. The molecule has 1 atom stereocenters. The fraction of sp³-hybridized carbons (Fsp3) is 0.444. The van der Waals surface area contributed by atoms with Crippen LogP contribution in [0.4, 0.5) is 0 Å². The van der Waals surface area contributed by atoms with Gasteiger partial charge in [0.1, 0.15) is 0 Å². The minimum absolute atomic E-state index is 0.124. The fourth-order valence-corrected chi connectivity index (χ4v) is 1.06. The topological polar surface area (TPSA) is 67.1 Å². The molecule has 4 nitrogen and oxygen atoms in total. The maximum Gasteiger partial charge on any atom is 0.242 e. The molecule has 1 heterocycles. The van der Waals surface area contributed by atoms with E-state index in [0.717, 1.165) is 5.70 Å². The highest BCUT2D eigenvalue weighted by molar-refractivity contribution is 5.83. The number of hydrogen-bond acceptors (Lipinski definition) is 3. The molecular weight excluding hydrogens is 166 g/mol. The lowest BCUT2D eigenvalue weighted by Gasteiger charge is -2.05. The summed E-state index contributed by atoms with van der Waals surface area (Å²) in [5.74, 6) is -0.124. The van der Waals surface area contributed by atoms with Crippen molar-refractivity contribution in [1.82, 2.24) is 10.6 Å². The molecule has 1 saturated heterocycles. The van der Waals surface area contributed by atoms with Crippen molar-refractivity contribution in [2.45, 2.75) is 13.0 Å². The van der Waals surface area contributed by atoms with Gasteiger partial charge in [-0.15, -0.1) is 0 Å². The van der Waals surface area contributed by atoms with Crippen molar-refractivity contribution in [2.75, 3.05) is 13.1 Å². The molecule has 0 aromatic rings. The van der Waals surface area contributed by atoms with Crippen LogP contribution in [0.3, 0.4) is 0 Å². The molecule has 0 aromatic carbocycles. The normalized spacial score (nSPS) is 27.7. The number of carbonyl (C=O) groups excluding carboxylic acids is 1. The average Bonchev–Trinajstić information content (AvgIpc) is 2.26. The van der Waals surface area contributed by atoms with E-state index in [-0.39, 0.29) is 5.91 Å². The van der Waals surface area contributed by atoms with Crippen LogP contribution in [0.25, 0.3) is 0 Å². The van der Waals surface area contributed by atoms with Gasteiger partial charge in [0.2, 0.25) is 5.91 Å². The Labute approximate surface area is 77.9 Å². The first-order chi connectivity index (χ1) is 6.24. The highest BCUT2D eigenvalue weighted by Crippen LogP contribution is 1.94. The molecule has 1 aliphatic rings. The molecule has 13 heavy (non-hydrogen) atoms. The quantitative estimate of drug-likeness (QED) is 0.510. The lowest BCUT2D eigenvalue weighted by Crippen LogP contribution is -2.42. The van der Waals surface area contributed by atoms with Crippen molar-refractivity contribution in [3.8, 4) is 0 Å². The van der Waals surface area contributed by atoms with E-state index in [2.05, 4.69) is 10.6 Å². The van der Waals surface area contributed by atoms with Crippen molar-refractivity contribution in [3.05, 3.63) is 23.9 Å². The Morgan fingerprint density at radius 3 is 3.08 bits per heavy atom. The maximum absolute atomic E-state index is 11.2. The van der Waals surface area contributed by atoms with Crippen LogP contribution in [0.5, 0.6) is 0 Å². The number of rotatable bonds is 1. The minimum atomic E-state index is -0.448. The van der Waals surface area contributed by atoms with Gasteiger partial charge < -0.3 is 16.4 Å². The first kappa shape index (κ1) is 9.95. The molecule has 4 N–H and O–H groups in total. The van der Waals surface area contributed by atoms with E-state index in [4.69, 9.17) is 5.73 Å². The highest BCUT2D eigenvalue weighted by atomic mass is 16.2. The Balaban J connectivity index is 2.64. The third-order valence-corrected chi connectivity index (χ3v) is 1.79. The monoisotopic (exact) mass is 181 g/mol. The van der Waals surface area contributed by atoms with Crippen molar-refractivity contribution in [3.63, 3.8) is 0 Å². The summed E-state index contributed by atoms with van der Waals surface area (Å²) in [6.45, 7) is 3.11. The third kappa shape index (κ3) is 3.01. The molecule has 1 rings (SSSR count). The van der Waals surface area contributed by atoms with Crippen LogP contribution in [0.2, 0.25) is 0 Å². The second-order valence-electron chi connectivity index (χ2n) is 2.94. The fourth-order valence-electron chi connectivity index (χ4n) is 1.06. The Morgan fingerprint density at radius 2 is 2.38 bits per heavy atom. The summed E-state index contributed by atoms with van der Waals surface area (Å²) >= 11 is 0. The van der Waals surface area contributed by atoms with E-state index < -0.39 is 6.04 Å². The Kier molecular flexibility index (Phi) is 3.67. The van der Waals surface area contributed by atoms with Crippen LogP contribution >= 0.6 is 0 Å². The summed E-state index contributed by atoms with van der Waals surface area (Å²) in [5, 5.41) is 5.82. The van der Waals surface area contributed by atoms with Crippen molar-refractivity contribution >= 4 is 5.91 Å². The Bertz CT molecular complexity index is 245. The largest absolute Gasteiger partial charge is 0.327 e. The number of allylic oxidation sites excluding steroid dienone is 3. The number of hydrogen-bond donors (Lipinski definition) is 3. The van der Waals surface area contributed by atoms with Crippen molar-refractivity contribution in [2.24, 2.45) is 5.73 Å². The summed E-state index contributed by atoms with van der Waals surface area (Å²) in [6, 6.07) is -0.448. The SMILES string of the molecule is C/C=C\C=C1/CNC[C@H](N)C(=O)N1. The van der Waals surface area contributed by atoms with Crippen LogP contribution < -0.4 is 16.4 Å². The minimum Gasteiger partial charge on any atom is -0.327 e. The van der Waals surface area contributed by atoms with E-state index in [0.29, 0.717) is 13.1 Å². The molecule has 0 spiro atoms. The number of nitrogens with one attached hydrogen (secondary N) is 2. The van der Waals surface area contributed by atoms with Gasteiger partial charge >= 0.3 is 0 Å². The summed E-state index contributed by atoms with van der Waals surface area (Å²) in [4.78, 5) is 11.2. The second kappa shape index (κ2) is 4.79. The van der Waals surface area contributed by atoms with Gasteiger partial charge in [0.05, 0.1) is 6.04 Å². The van der Waals surface area contributed by atoms with Crippen LogP contribution in [-0.2, 0) is 4.79 Å². The predicted octanol–water partition coefficient (Wildman–Crippen LogP) is -0.507. The summed E-state index contributed by atoms with van der Waals surface area (Å²) in [7, 11) is 0. The molecular formula is C9H15N3O. The van der Waals surface area contributed by atoms with Gasteiger partial charge in [0, 0.05) is 18.8 Å². The van der Waals surface area contributed by atoms with Gasteiger partial charge in [-0.05, 0) is 13.0 Å². The van der Waals surface area contributed by atoms with E-state index >= 15 is 0 Å². The molecule has 0 saturated carbocycles. The first-order valence-electron chi connectivity index (χ1n) is 4.33. The smallest absolute Gasteiger partial charge is 0.242 e. The number of carbonyl (C=O) groups is 1. The summed E-state index contributed by atoms with van der Waals surface area (Å²) in [5.41, 5.74) is 6.41. The highest BCUT2D eigenvalue weighted by Gasteiger charge is 2.17. The lowest BCUT2D eigenvalue weighted by molar-refractivity contribution is -0.121. The van der Waals surface area contributed by atoms with Crippen LogP contribution in [-0.4, -0.2) is 25.0 Å². The van der Waals surface area contributed by atoms with Crippen LogP contribution in [0.1, 0.15) is 6.92 Å². The van der Waals surface area contributed by atoms with Gasteiger partial charge in [-0.25, -0.2) is 0 Å². The molecule has 1 amide bonds. The zero-order valence-corrected chi connectivity index (χ0v) is 7.71. The Morgan fingerprint density at radius 1 is 1.62 bits per heavy atom. The molecule has 4 heteroatoms. The zero-order valence-electron chi connectivity index (χ0n) is 7.71. The van der Waals surface area contributed by atoms with Crippen molar-refractivity contribution < 1.29 is 4.79 Å². The van der Waals surface area contributed by atoms with E-state index in [1.54, 1.807) is 0 Å². The van der Waals surface area contributed by atoms with Gasteiger partial charge in [-0.3, -0.25) is 4.79 Å². The third-order valence-electron chi connectivity index (χ3n) is 1.79. The van der Waals surface area contributed by atoms with Gasteiger partial charge in [0.25, 0.3) is 0 Å². The van der Waals surface area contributed by atoms with Gasteiger partial charge in [0.15, 0.2) is 0 Å². The lowest BCUT2D eigenvalue weighted by atomic mass is 10.3. The zero-order chi connectivity index (χ0) is 9.68. The predicted molar refractivity (Wildman–Crippen MR) is 51.9 cm³/mol. The van der Waals surface area contributed by atoms with Gasteiger partial charge in [-0.1, -0.05) is 12.2 Å². The van der Waals surface area contributed by atoms with Crippen LogP contribution in [0.15, 0.2) is 23.9 Å². The van der Waals surface area contributed by atoms with Gasteiger partial charge in [-0.2, -0.15) is 0 Å². The Hall–Kier alpha value is -1.13. The van der Waals surface area contributed by atoms with E-state index in [1.807, 2.05) is 25.2 Å². The number of amides is 1.